The van der Waals surface area contributed by atoms with Crippen molar-refractivity contribution in [2.24, 2.45) is 18.7 Å². The van der Waals surface area contributed by atoms with Crippen molar-refractivity contribution in [3.63, 3.8) is 0 Å². The smallest absolute Gasteiger partial charge is 0.335 e. The lowest BCUT2D eigenvalue weighted by molar-refractivity contribution is -0.141. The van der Waals surface area contributed by atoms with E-state index in [1.165, 1.54) is 46.9 Å². The number of piperazine rings is 1. The minimum Gasteiger partial charge on any atom is -0.335 e. The van der Waals surface area contributed by atoms with Gasteiger partial charge in [-0.05, 0) is 49.8 Å². The Bertz CT molecular complexity index is 1640. The molecule has 0 spiro atoms. The summed E-state index contributed by atoms with van der Waals surface area (Å²) in [4.78, 5) is 46.2. The van der Waals surface area contributed by atoms with Crippen LogP contribution < -0.4 is 16.4 Å². The van der Waals surface area contributed by atoms with Crippen LogP contribution in [-0.2, 0) is 19.8 Å². The minimum absolute atomic E-state index is 0. The minimum atomic E-state index is -4.68. The number of carbonyl (C=O) groups excluding carboxylic acids is 3. The van der Waals surface area contributed by atoms with Gasteiger partial charge in [-0.1, -0.05) is 18.0 Å². The molecular formula is C30H36Cl2F3N9O3. The predicted molar refractivity (Wildman–Crippen MR) is 170 cm³/mol. The maximum atomic E-state index is 13.9. The molecule has 2 saturated carbocycles. The number of benzene rings is 1. The van der Waals surface area contributed by atoms with Gasteiger partial charge in [0, 0.05) is 63.7 Å². The van der Waals surface area contributed by atoms with E-state index in [1.54, 1.807) is 9.80 Å². The third kappa shape index (κ3) is 7.36. The fourth-order valence-corrected chi connectivity index (χ4v) is 6.27. The second-order valence-electron chi connectivity index (χ2n) is 12.2. The molecule has 0 unspecified atom stereocenters. The van der Waals surface area contributed by atoms with Crippen molar-refractivity contribution >= 4 is 47.5 Å². The zero-order chi connectivity index (χ0) is 32.7. The highest BCUT2D eigenvalue weighted by Crippen LogP contribution is 2.37. The van der Waals surface area contributed by atoms with E-state index in [9.17, 15) is 27.6 Å². The van der Waals surface area contributed by atoms with Crippen molar-refractivity contribution in [3.05, 3.63) is 52.7 Å². The Hall–Kier alpha value is -3.82. The summed E-state index contributed by atoms with van der Waals surface area (Å²) in [5.74, 6) is -0.790. The van der Waals surface area contributed by atoms with Gasteiger partial charge in [0.25, 0.3) is 11.8 Å². The van der Waals surface area contributed by atoms with Crippen LogP contribution >= 0.6 is 24.0 Å². The van der Waals surface area contributed by atoms with E-state index in [-0.39, 0.29) is 69.8 Å². The van der Waals surface area contributed by atoms with Crippen LogP contribution in [0.15, 0.2) is 30.6 Å². The number of alkyl halides is 3. The maximum Gasteiger partial charge on any atom is 0.435 e. The molecule has 4 N–H and O–H groups in total. The maximum absolute atomic E-state index is 13.9. The quantitative estimate of drug-likeness (QED) is 0.334. The molecule has 1 saturated heterocycles. The van der Waals surface area contributed by atoms with Gasteiger partial charge in [0.05, 0.1) is 28.0 Å². The molecule has 12 nitrogen and oxygen atoms in total. The highest BCUT2D eigenvalue weighted by atomic mass is 35.5. The topological polar surface area (TPSA) is 143 Å². The summed E-state index contributed by atoms with van der Waals surface area (Å²) in [6, 6.07) is 4.49. The lowest BCUT2D eigenvalue weighted by atomic mass is 9.85. The van der Waals surface area contributed by atoms with E-state index in [2.05, 4.69) is 20.7 Å². The average molecular weight is 699 g/mol. The third-order valence-corrected chi connectivity index (χ3v) is 9.29. The van der Waals surface area contributed by atoms with Crippen molar-refractivity contribution < 1.29 is 27.6 Å². The molecule has 3 aromatic rings. The second-order valence-corrected chi connectivity index (χ2v) is 12.6. The standard InChI is InChI=1S/C30H35ClF3N9O3.ClH/c1-40-24(22-16-43(15-17-3-2-4-17)39-25(22)30(32,33)34)14-36-26(40)27(44)37-19-5-6-21(23(31)13-19)28(45)41-7-9-42(10-8-41)29(46)38-20-11-18(35)12-20;/h5-6,13-14,16-18,20H,2-4,7-12,15,35H2,1H3,(H,37,44)(H,38,46);1H. The first-order valence-corrected chi connectivity index (χ1v) is 15.6. The number of rotatable bonds is 7. The monoisotopic (exact) mass is 697 g/mol. The molecule has 4 amide bonds. The Balaban J connectivity index is 0.00000433. The Morgan fingerprint density at radius 1 is 1.09 bits per heavy atom. The summed E-state index contributed by atoms with van der Waals surface area (Å²) in [6.45, 7) is 1.82. The van der Waals surface area contributed by atoms with Crippen molar-refractivity contribution in [2.75, 3.05) is 31.5 Å². The number of hydrogen-bond donors (Lipinski definition) is 3. The summed E-state index contributed by atoms with van der Waals surface area (Å²) < 4.78 is 44.3. The van der Waals surface area contributed by atoms with Gasteiger partial charge in [-0.2, -0.15) is 18.3 Å². The van der Waals surface area contributed by atoms with Gasteiger partial charge in [-0.15, -0.1) is 12.4 Å². The number of nitrogens with two attached hydrogens (primary N) is 1. The number of carbonyl (C=O) groups is 3. The Morgan fingerprint density at radius 3 is 2.36 bits per heavy atom. The molecule has 3 aliphatic rings. The molecule has 0 radical (unpaired) electrons. The van der Waals surface area contributed by atoms with Crippen LogP contribution in [0.1, 0.15) is 58.8 Å². The van der Waals surface area contributed by atoms with E-state index in [0.717, 1.165) is 32.1 Å². The van der Waals surface area contributed by atoms with E-state index >= 15 is 0 Å². The molecule has 3 heterocycles. The summed E-state index contributed by atoms with van der Waals surface area (Å²) >= 11 is 6.45. The number of urea groups is 1. The second kappa shape index (κ2) is 13.7. The summed E-state index contributed by atoms with van der Waals surface area (Å²) in [7, 11) is 1.46. The lowest BCUT2D eigenvalue weighted by Gasteiger charge is -2.38. The van der Waals surface area contributed by atoms with Gasteiger partial charge in [0.2, 0.25) is 0 Å². The van der Waals surface area contributed by atoms with Crippen molar-refractivity contribution in [1.29, 1.82) is 0 Å². The molecule has 6 rings (SSSR count). The Morgan fingerprint density at radius 2 is 1.77 bits per heavy atom. The zero-order valence-electron chi connectivity index (χ0n) is 25.6. The molecule has 0 bridgehead atoms. The van der Waals surface area contributed by atoms with Crippen LogP contribution in [0.3, 0.4) is 0 Å². The predicted octanol–water partition coefficient (Wildman–Crippen LogP) is 4.39. The Labute approximate surface area is 280 Å². The van der Waals surface area contributed by atoms with E-state index < -0.39 is 17.8 Å². The number of imidazole rings is 1. The number of nitrogens with one attached hydrogen (secondary N) is 2. The summed E-state index contributed by atoms with van der Waals surface area (Å²) in [5, 5.41) is 9.54. The van der Waals surface area contributed by atoms with Gasteiger partial charge in [0.15, 0.2) is 11.5 Å². The third-order valence-electron chi connectivity index (χ3n) is 8.98. The number of amides is 4. The van der Waals surface area contributed by atoms with Gasteiger partial charge < -0.3 is 30.7 Å². The molecule has 17 heteroatoms. The van der Waals surface area contributed by atoms with Crippen molar-refractivity contribution in [2.45, 2.75) is 56.9 Å². The highest BCUT2D eigenvalue weighted by molar-refractivity contribution is 6.34. The molecule has 2 aliphatic carbocycles. The number of anilines is 1. The van der Waals surface area contributed by atoms with E-state index in [0.29, 0.717) is 38.6 Å². The Kier molecular flexibility index (Phi) is 10.1. The fraction of sp³-hybridized carbons (Fsp3) is 0.500. The summed E-state index contributed by atoms with van der Waals surface area (Å²) in [6.07, 6.45) is 2.39. The van der Waals surface area contributed by atoms with Crippen molar-refractivity contribution in [1.82, 2.24) is 34.4 Å². The van der Waals surface area contributed by atoms with Gasteiger partial charge >= 0.3 is 12.2 Å². The number of hydrogen-bond acceptors (Lipinski definition) is 6. The van der Waals surface area contributed by atoms with Crippen LogP contribution in [0.2, 0.25) is 5.02 Å². The lowest BCUT2D eigenvalue weighted by Crippen LogP contribution is -2.57. The average Bonchev–Trinajstić information content (AvgIpc) is 3.57. The van der Waals surface area contributed by atoms with Crippen molar-refractivity contribution in [3.8, 4) is 11.3 Å². The molecule has 1 aliphatic heterocycles. The molecular weight excluding hydrogens is 662 g/mol. The number of nitrogens with zero attached hydrogens (tertiary/aromatic N) is 6. The zero-order valence-corrected chi connectivity index (χ0v) is 27.2. The SMILES string of the molecule is Cl.Cn1c(-c2cn(CC3CCC3)nc2C(F)(F)F)cnc1C(=O)Nc1ccc(C(=O)N2CCN(C(=O)NC3CC(N)C3)CC2)c(Cl)c1. The molecule has 0 atom stereocenters. The molecule has 47 heavy (non-hydrogen) atoms. The molecule has 254 valence electrons. The van der Waals surface area contributed by atoms with Gasteiger partial charge in [-0.3, -0.25) is 14.3 Å². The fourth-order valence-electron chi connectivity index (χ4n) is 6.00. The first-order chi connectivity index (χ1) is 21.9. The van der Waals surface area contributed by atoms with Gasteiger partial charge in [0.1, 0.15) is 0 Å². The highest BCUT2D eigenvalue weighted by Gasteiger charge is 2.39. The van der Waals surface area contributed by atoms with Crippen LogP contribution in [0.4, 0.5) is 23.7 Å². The first kappa shape index (κ1) is 34.5. The normalized spacial score (nSPS) is 19.8. The molecule has 3 fully saturated rings. The van der Waals surface area contributed by atoms with Crippen LogP contribution in [-0.4, -0.2) is 85.2 Å². The molecule has 1 aromatic carbocycles. The summed E-state index contributed by atoms with van der Waals surface area (Å²) in [5.41, 5.74) is 5.21. The largest absolute Gasteiger partial charge is 0.435 e. The van der Waals surface area contributed by atoms with Crippen LogP contribution in [0, 0.1) is 5.92 Å². The number of aromatic nitrogens is 4. The molecule has 2 aromatic heterocycles. The first-order valence-electron chi connectivity index (χ1n) is 15.2. The van der Waals surface area contributed by atoms with Crippen LogP contribution in [0.5, 0.6) is 0 Å². The van der Waals surface area contributed by atoms with Gasteiger partial charge in [-0.25, -0.2) is 9.78 Å². The van der Waals surface area contributed by atoms with Crippen LogP contribution in [0.25, 0.3) is 11.3 Å². The van der Waals surface area contributed by atoms with E-state index in [1.807, 2.05) is 0 Å². The van der Waals surface area contributed by atoms with E-state index in [4.69, 9.17) is 17.3 Å². The number of halogens is 5.